The van der Waals surface area contributed by atoms with Gasteiger partial charge < -0.3 is 19.2 Å². The number of alkyl halides is 1. The van der Waals surface area contributed by atoms with Gasteiger partial charge in [0.25, 0.3) is 5.56 Å². The number of fused-ring (bicyclic) bond motifs is 3. The summed E-state index contributed by atoms with van der Waals surface area (Å²) in [6.07, 6.45) is 3.09. The van der Waals surface area contributed by atoms with E-state index in [0.717, 1.165) is 40.3 Å². The highest BCUT2D eigenvalue weighted by Crippen LogP contribution is 2.35. The predicted octanol–water partition coefficient (Wildman–Crippen LogP) is 6.52. The van der Waals surface area contributed by atoms with Crippen molar-refractivity contribution in [2.75, 3.05) is 25.1 Å². The van der Waals surface area contributed by atoms with Crippen LogP contribution in [0.1, 0.15) is 43.9 Å². The zero-order valence-corrected chi connectivity index (χ0v) is 23.6. The number of nitrogens with zero attached hydrogens (tertiary/aromatic N) is 2. The summed E-state index contributed by atoms with van der Waals surface area (Å²) in [6.45, 7) is 3.97. The van der Waals surface area contributed by atoms with Gasteiger partial charge in [0, 0.05) is 22.4 Å². The summed E-state index contributed by atoms with van der Waals surface area (Å²) in [5.74, 6) is -0.233. The van der Waals surface area contributed by atoms with Gasteiger partial charge in [0.2, 0.25) is 0 Å². The van der Waals surface area contributed by atoms with Crippen molar-refractivity contribution < 1.29 is 23.1 Å². The first-order chi connectivity index (χ1) is 20.4. The number of hydrogen-bond acceptors (Lipinski definition) is 7. The summed E-state index contributed by atoms with van der Waals surface area (Å²) >= 11 is 0. The fourth-order valence-corrected chi connectivity index (χ4v) is 5.17. The Hall–Kier alpha value is -4.50. The summed E-state index contributed by atoms with van der Waals surface area (Å²) in [5, 5.41) is 5.29. The maximum Gasteiger partial charge on any atom is 0.326 e. The summed E-state index contributed by atoms with van der Waals surface area (Å²) in [4.78, 5) is 31.1. The van der Waals surface area contributed by atoms with Crippen molar-refractivity contribution in [3.8, 4) is 11.4 Å². The van der Waals surface area contributed by atoms with Gasteiger partial charge in [0.05, 0.1) is 26.0 Å². The topological polar surface area (TPSA) is 95.6 Å². The van der Waals surface area contributed by atoms with Gasteiger partial charge in [-0.3, -0.25) is 14.2 Å². The third kappa shape index (κ3) is 5.27. The SMILES string of the molecule is CCCCOC(=O)Cn1c(-c2ccc(C3(F)COC3)cc2)ncc(N[C@H](C)c2ccc3oc4ccccc4c3c2)c1=O. The highest BCUT2D eigenvalue weighted by atomic mass is 19.1. The largest absolute Gasteiger partial charge is 0.464 e. The Labute approximate surface area is 242 Å². The second-order valence-electron chi connectivity index (χ2n) is 10.7. The lowest BCUT2D eigenvalue weighted by atomic mass is 9.93. The standard InChI is InChI=1S/C33H32FN3O5/c1-3-4-15-41-30(38)18-37-31(22-9-12-24(13-10-22)33(34)19-40-20-33)35-17-27(32(37)39)36-21(2)23-11-14-29-26(16-23)25-7-5-6-8-28(25)42-29/h5-14,16-17,21,36H,3-4,15,18-20H2,1-2H3/t21-/m1/s1. The molecule has 0 bridgehead atoms. The van der Waals surface area contributed by atoms with E-state index in [9.17, 15) is 14.0 Å². The third-order valence-electron chi connectivity index (χ3n) is 7.69. The predicted molar refractivity (Wildman–Crippen MR) is 159 cm³/mol. The van der Waals surface area contributed by atoms with Gasteiger partial charge >= 0.3 is 5.97 Å². The molecule has 1 saturated heterocycles. The first-order valence-electron chi connectivity index (χ1n) is 14.2. The number of ether oxygens (including phenoxy) is 2. The van der Waals surface area contributed by atoms with Gasteiger partial charge in [-0.15, -0.1) is 0 Å². The Kier molecular flexibility index (Phi) is 7.51. The summed E-state index contributed by atoms with van der Waals surface area (Å²) in [6, 6.07) is 20.3. The fourth-order valence-electron chi connectivity index (χ4n) is 5.17. The van der Waals surface area contributed by atoms with Crippen LogP contribution in [0, 0.1) is 0 Å². The van der Waals surface area contributed by atoms with E-state index in [0.29, 0.717) is 17.0 Å². The van der Waals surface area contributed by atoms with Gasteiger partial charge in [-0.05, 0) is 42.7 Å². The Morgan fingerprint density at radius 1 is 1.10 bits per heavy atom. The molecule has 1 aliphatic heterocycles. The first-order valence-corrected chi connectivity index (χ1v) is 14.2. The van der Waals surface area contributed by atoms with Crippen molar-refractivity contribution >= 4 is 33.6 Å². The number of esters is 1. The van der Waals surface area contributed by atoms with Crippen molar-refractivity contribution in [3.63, 3.8) is 0 Å². The number of unbranched alkanes of at least 4 members (excludes halogenated alkanes) is 1. The molecule has 3 aromatic carbocycles. The average molecular weight is 570 g/mol. The second-order valence-corrected chi connectivity index (χ2v) is 10.7. The Morgan fingerprint density at radius 3 is 2.60 bits per heavy atom. The number of anilines is 1. The van der Waals surface area contributed by atoms with Gasteiger partial charge in [0.1, 0.15) is 29.2 Å². The molecular formula is C33H32FN3O5. The van der Waals surface area contributed by atoms with Crippen LogP contribution in [0.4, 0.5) is 10.1 Å². The zero-order valence-electron chi connectivity index (χ0n) is 23.6. The Morgan fingerprint density at radius 2 is 1.86 bits per heavy atom. The molecule has 5 aromatic rings. The molecule has 1 atom stereocenters. The normalized spacial score (nSPS) is 14.9. The van der Waals surface area contributed by atoms with Crippen molar-refractivity contribution in [1.29, 1.82) is 0 Å². The molecule has 216 valence electrons. The van der Waals surface area contributed by atoms with Crippen molar-refractivity contribution in [2.45, 2.75) is 44.9 Å². The van der Waals surface area contributed by atoms with Crippen molar-refractivity contribution in [1.82, 2.24) is 9.55 Å². The molecule has 0 radical (unpaired) electrons. The molecule has 1 fully saturated rings. The Balaban J connectivity index is 1.31. The second kappa shape index (κ2) is 11.4. The number of nitrogens with one attached hydrogen (secondary N) is 1. The van der Waals surface area contributed by atoms with Gasteiger partial charge in [0.15, 0.2) is 5.67 Å². The highest BCUT2D eigenvalue weighted by Gasteiger charge is 2.40. The monoisotopic (exact) mass is 569 g/mol. The van der Waals surface area contributed by atoms with Crippen LogP contribution in [0.15, 0.2) is 82.1 Å². The van der Waals surface area contributed by atoms with E-state index in [2.05, 4.69) is 16.4 Å². The summed E-state index contributed by atoms with van der Waals surface area (Å²) in [7, 11) is 0. The van der Waals surface area contributed by atoms with Crippen LogP contribution in [0.25, 0.3) is 33.3 Å². The first kappa shape index (κ1) is 27.7. The van der Waals surface area contributed by atoms with Crippen LogP contribution < -0.4 is 10.9 Å². The molecule has 8 nitrogen and oxygen atoms in total. The molecule has 0 aliphatic carbocycles. The van der Waals surface area contributed by atoms with Crippen LogP contribution in [-0.2, 0) is 26.5 Å². The van der Waals surface area contributed by atoms with Crippen LogP contribution in [0.2, 0.25) is 0 Å². The number of benzene rings is 3. The molecule has 0 unspecified atom stereocenters. The fraction of sp³-hybridized carbons (Fsp3) is 0.303. The molecule has 6 rings (SSSR count). The molecule has 0 saturated carbocycles. The van der Waals surface area contributed by atoms with E-state index >= 15 is 0 Å². The molecule has 0 spiro atoms. The number of hydrogen-bond donors (Lipinski definition) is 1. The lowest BCUT2D eigenvalue weighted by molar-refractivity contribution is -0.144. The minimum atomic E-state index is -1.51. The molecule has 1 N–H and O–H groups in total. The van der Waals surface area contributed by atoms with Gasteiger partial charge in [-0.2, -0.15) is 0 Å². The molecule has 0 amide bonds. The molecular weight excluding hydrogens is 537 g/mol. The number of carbonyl (C=O) groups excluding carboxylic acids is 1. The van der Waals surface area contributed by atoms with E-state index in [1.54, 1.807) is 24.3 Å². The van der Waals surface area contributed by atoms with Crippen molar-refractivity contribution in [2.24, 2.45) is 0 Å². The number of furan rings is 1. The number of carbonyl (C=O) groups is 1. The minimum Gasteiger partial charge on any atom is -0.464 e. The van der Waals surface area contributed by atoms with Crippen LogP contribution >= 0.6 is 0 Å². The third-order valence-corrected chi connectivity index (χ3v) is 7.69. The Bertz CT molecular complexity index is 1810. The quantitative estimate of drug-likeness (QED) is 0.151. The maximum atomic E-state index is 14.8. The molecule has 1 aliphatic rings. The van der Waals surface area contributed by atoms with Crippen molar-refractivity contribution in [3.05, 3.63) is 94.4 Å². The highest BCUT2D eigenvalue weighted by molar-refractivity contribution is 6.05. The molecule has 9 heteroatoms. The van der Waals surface area contributed by atoms with Crippen LogP contribution in [-0.4, -0.2) is 35.3 Å². The maximum absolute atomic E-state index is 14.8. The number of rotatable bonds is 10. The van der Waals surface area contributed by atoms with E-state index in [-0.39, 0.29) is 38.1 Å². The van der Waals surface area contributed by atoms with Crippen LogP contribution in [0.3, 0.4) is 0 Å². The number of halogens is 1. The van der Waals surface area contributed by atoms with E-state index < -0.39 is 17.2 Å². The average Bonchev–Trinajstić information content (AvgIpc) is 3.36. The smallest absolute Gasteiger partial charge is 0.326 e. The number of aromatic nitrogens is 2. The van der Waals surface area contributed by atoms with Gasteiger partial charge in [-0.1, -0.05) is 61.9 Å². The van der Waals surface area contributed by atoms with E-state index in [4.69, 9.17) is 13.9 Å². The zero-order chi connectivity index (χ0) is 29.3. The summed E-state index contributed by atoms with van der Waals surface area (Å²) in [5.41, 5.74) is 1.97. The lowest BCUT2D eigenvalue weighted by Gasteiger charge is -2.34. The van der Waals surface area contributed by atoms with E-state index in [1.807, 2.05) is 50.2 Å². The molecule has 3 heterocycles. The molecule has 2 aromatic heterocycles. The molecule has 42 heavy (non-hydrogen) atoms. The van der Waals surface area contributed by atoms with Gasteiger partial charge in [-0.25, -0.2) is 9.37 Å². The number of para-hydroxylation sites is 1. The minimum absolute atomic E-state index is 0.0151. The summed E-state index contributed by atoms with van der Waals surface area (Å²) < 4.78 is 32.5. The lowest BCUT2D eigenvalue weighted by Crippen LogP contribution is -2.42. The van der Waals surface area contributed by atoms with Crippen LogP contribution in [0.5, 0.6) is 0 Å². The van der Waals surface area contributed by atoms with E-state index in [1.165, 1.54) is 10.8 Å².